The minimum atomic E-state index is -0.723. The molecule has 0 saturated carbocycles. The molecule has 0 saturated heterocycles. The Morgan fingerprint density at radius 3 is 2.90 bits per heavy atom. The number of ether oxygens (including phenoxy) is 2. The van der Waals surface area contributed by atoms with Crippen LogP contribution in [0.3, 0.4) is 0 Å². The molecule has 3 aromatic rings. The van der Waals surface area contributed by atoms with E-state index in [-0.39, 0.29) is 23.8 Å². The Hall–Kier alpha value is -3.87. The molecule has 0 atom stereocenters. The number of H-pyrrole nitrogens is 1. The van der Waals surface area contributed by atoms with Crippen molar-refractivity contribution >= 4 is 34.5 Å². The Morgan fingerprint density at radius 1 is 1.30 bits per heavy atom. The lowest BCUT2D eigenvalue weighted by atomic mass is 10.1. The van der Waals surface area contributed by atoms with E-state index in [9.17, 15) is 9.59 Å². The van der Waals surface area contributed by atoms with Crippen LogP contribution in [0.15, 0.2) is 59.9 Å². The second-order valence-electron chi connectivity index (χ2n) is 6.95. The zero-order valence-electron chi connectivity index (χ0n) is 16.9. The minimum absolute atomic E-state index is 0.0371. The van der Waals surface area contributed by atoms with Crippen LogP contribution in [0.25, 0.3) is 17.1 Å². The summed E-state index contributed by atoms with van der Waals surface area (Å²) in [5, 5.41) is 3.92. The van der Waals surface area contributed by atoms with Crippen molar-refractivity contribution < 1.29 is 19.1 Å². The fourth-order valence-corrected chi connectivity index (χ4v) is 3.32. The van der Waals surface area contributed by atoms with E-state index >= 15 is 0 Å². The van der Waals surface area contributed by atoms with Crippen LogP contribution in [0.4, 0.5) is 5.69 Å². The quantitative estimate of drug-likeness (QED) is 0.380. The van der Waals surface area contributed by atoms with Crippen molar-refractivity contribution in [2.45, 2.75) is 20.8 Å². The van der Waals surface area contributed by atoms with Gasteiger partial charge < -0.3 is 19.8 Å². The number of esters is 1. The third-order valence-corrected chi connectivity index (χ3v) is 4.77. The van der Waals surface area contributed by atoms with Gasteiger partial charge in [0.05, 0.1) is 6.61 Å². The first kappa shape index (κ1) is 19.4. The number of rotatable bonds is 5. The van der Waals surface area contributed by atoms with Crippen molar-refractivity contribution in [3.05, 3.63) is 76.6 Å². The van der Waals surface area contributed by atoms with E-state index < -0.39 is 11.8 Å². The van der Waals surface area contributed by atoms with E-state index in [1.165, 1.54) is 0 Å². The highest BCUT2D eigenvalue weighted by molar-refractivity contribution is 6.26. The molecule has 0 amide bonds. The van der Waals surface area contributed by atoms with E-state index in [1.54, 1.807) is 25.4 Å². The summed E-state index contributed by atoms with van der Waals surface area (Å²) >= 11 is 0. The Balaban J connectivity index is 1.72. The molecule has 0 spiro atoms. The van der Waals surface area contributed by atoms with Gasteiger partial charge in [0, 0.05) is 29.0 Å². The van der Waals surface area contributed by atoms with Gasteiger partial charge in [0.15, 0.2) is 11.3 Å². The average Bonchev–Trinajstić information content (AvgIpc) is 3.26. The number of benzene rings is 1. The van der Waals surface area contributed by atoms with Crippen LogP contribution in [0, 0.1) is 13.8 Å². The molecular weight excluding hydrogens is 382 g/mol. The molecule has 0 bridgehead atoms. The van der Waals surface area contributed by atoms with Crippen LogP contribution in [0.1, 0.15) is 23.6 Å². The lowest BCUT2D eigenvalue weighted by molar-refractivity contribution is -0.139. The molecule has 4 rings (SSSR count). The second kappa shape index (κ2) is 7.87. The summed E-state index contributed by atoms with van der Waals surface area (Å²) in [7, 11) is 0. The fourth-order valence-electron chi connectivity index (χ4n) is 3.32. The van der Waals surface area contributed by atoms with Gasteiger partial charge in [-0.15, -0.1) is 0 Å². The van der Waals surface area contributed by atoms with Crippen LogP contribution in [0.5, 0.6) is 0 Å². The Bertz CT molecular complexity index is 1220. The van der Waals surface area contributed by atoms with E-state index in [0.717, 1.165) is 27.8 Å². The van der Waals surface area contributed by atoms with E-state index in [1.807, 2.05) is 44.2 Å². The molecular formula is C23H21N3O4. The van der Waals surface area contributed by atoms with Gasteiger partial charge in [-0.05, 0) is 50.6 Å². The molecule has 0 radical (unpaired) electrons. The highest BCUT2D eigenvalue weighted by Gasteiger charge is 2.37. The van der Waals surface area contributed by atoms with E-state index in [0.29, 0.717) is 5.65 Å². The number of hydrogen-bond donors (Lipinski definition) is 2. The van der Waals surface area contributed by atoms with Crippen LogP contribution >= 0.6 is 0 Å². The Labute approximate surface area is 173 Å². The molecule has 2 N–H and O–H groups in total. The SMILES string of the molecule is CCOC(=O)C1=C(Nc2ccc(C)cc2C)OC(=Cc2c[nH]c3ncccc23)C1=O. The summed E-state index contributed by atoms with van der Waals surface area (Å²) in [6.45, 7) is 5.77. The molecule has 0 aliphatic carbocycles. The molecule has 30 heavy (non-hydrogen) atoms. The van der Waals surface area contributed by atoms with Crippen LogP contribution in [-0.4, -0.2) is 28.3 Å². The van der Waals surface area contributed by atoms with E-state index in [2.05, 4.69) is 15.3 Å². The van der Waals surface area contributed by atoms with Crippen molar-refractivity contribution in [3.63, 3.8) is 0 Å². The van der Waals surface area contributed by atoms with Gasteiger partial charge >= 0.3 is 5.97 Å². The van der Waals surface area contributed by atoms with Gasteiger partial charge in [-0.1, -0.05) is 17.7 Å². The Morgan fingerprint density at radius 2 is 2.13 bits per heavy atom. The zero-order chi connectivity index (χ0) is 21.3. The molecule has 0 unspecified atom stereocenters. The van der Waals surface area contributed by atoms with Gasteiger partial charge in [-0.2, -0.15) is 0 Å². The molecule has 1 aliphatic rings. The standard InChI is InChI=1S/C23H21N3O4/c1-4-29-23(28)19-20(27)18(11-15-12-25-21-16(15)6-5-9-24-21)30-22(19)26-17-8-7-13(2)10-14(17)3/h5-12,26H,4H2,1-3H3,(H,24,25). The maximum atomic E-state index is 13.0. The van der Waals surface area contributed by atoms with Gasteiger partial charge in [-0.25, -0.2) is 9.78 Å². The lowest BCUT2D eigenvalue weighted by Gasteiger charge is -2.11. The summed E-state index contributed by atoms with van der Waals surface area (Å²) in [6, 6.07) is 9.51. The number of nitrogens with zero attached hydrogens (tertiary/aromatic N) is 1. The third kappa shape index (κ3) is 3.57. The number of anilines is 1. The third-order valence-electron chi connectivity index (χ3n) is 4.77. The number of Topliss-reactive ketones (excluding diaryl/α,β-unsaturated/α-hetero) is 1. The summed E-state index contributed by atoms with van der Waals surface area (Å²) < 4.78 is 10.9. The normalized spacial score (nSPS) is 15.0. The predicted molar refractivity (Wildman–Crippen MR) is 113 cm³/mol. The van der Waals surface area contributed by atoms with Gasteiger partial charge in [-0.3, -0.25) is 4.79 Å². The number of hydrogen-bond acceptors (Lipinski definition) is 6. The highest BCUT2D eigenvalue weighted by Crippen LogP contribution is 2.31. The number of carbonyl (C=O) groups is 2. The van der Waals surface area contributed by atoms with Crippen molar-refractivity contribution in [1.82, 2.24) is 9.97 Å². The van der Waals surface area contributed by atoms with Gasteiger partial charge in [0.1, 0.15) is 5.65 Å². The smallest absolute Gasteiger partial charge is 0.347 e. The van der Waals surface area contributed by atoms with Crippen molar-refractivity contribution in [2.24, 2.45) is 0 Å². The zero-order valence-corrected chi connectivity index (χ0v) is 16.9. The van der Waals surface area contributed by atoms with Crippen LogP contribution < -0.4 is 5.32 Å². The molecule has 7 nitrogen and oxygen atoms in total. The first-order valence-corrected chi connectivity index (χ1v) is 9.60. The predicted octanol–water partition coefficient (Wildman–Crippen LogP) is 4.01. The first-order chi connectivity index (χ1) is 14.5. The first-order valence-electron chi connectivity index (χ1n) is 9.60. The topological polar surface area (TPSA) is 93.3 Å². The number of carbonyl (C=O) groups excluding carboxylic acids is 2. The summed E-state index contributed by atoms with van der Waals surface area (Å²) in [5.41, 5.74) is 4.08. The summed E-state index contributed by atoms with van der Waals surface area (Å²) in [6.07, 6.45) is 5.01. The maximum absolute atomic E-state index is 13.0. The average molecular weight is 403 g/mol. The fraction of sp³-hybridized carbons (Fsp3) is 0.174. The maximum Gasteiger partial charge on any atom is 0.347 e. The summed E-state index contributed by atoms with van der Waals surface area (Å²) in [4.78, 5) is 32.8. The van der Waals surface area contributed by atoms with Crippen molar-refractivity contribution in [3.8, 4) is 0 Å². The number of fused-ring (bicyclic) bond motifs is 1. The number of aromatic amines is 1. The highest BCUT2D eigenvalue weighted by atomic mass is 16.5. The molecule has 7 heteroatoms. The molecule has 152 valence electrons. The number of allylic oxidation sites excluding steroid dienone is 1. The molecule has 2 aromatic heterocycles. The van der Waals surface area contributed by atoms with Gasteiger partial charge in [0.25, 0.3) is 0 Å². The van der Waals surface area contributed by atoms with Crippen LogP contribution in [0.2, 0.25) is 0 Å². The van der Waals surface area contributed by atoms with Crippen molar-refractivity contribution in [1.29, 1.82) is 0 Å². The van der Waals surface area contributed by atoms with Gasteiger partial charge in [0.2, 0.25) is 11.7 Å². The molecule has 0 fully saturated rings. The number of aromatic nitrogens is 2. The summed E-state index contributed by atoms with van der Waals surface area (Å²) in [5.74, 6) is -1.15. The molecule has 1 aromatic carbocycles. The van der Waals surface area contributed by atoms with Crippen molar-refractivity contribution in [2.75, 3.05) is 11.9 Å². The number of nitrogens with one attached hydrogen (secondary N) is 2. The largest absolute Gasteiger partial charge is 0.462 e. The lowest BCUT2D eigenvalue weighted by Crippen LogP contribution is -2.16. The number of aryl methyl sites for hydroxylation is 2. The Kier molecular flexibility index (Phi) is 5.10. The number of ketones is 1. The van der Waals surface area contributed by atoms with E-state index in [4.69, 9.17) is 9.47 Å². The molecule has 1 aliphatic heterocycles. The molecule has 3 heterocycles. The second-order valence-corrected chi connectivity index (χ2v) is 6.95. The monoisotopic (exact) mass is 403 g/mol. The van der Waals surface area contributed by atoms with Crippen LogP contribution in [-0.2, 0) is 19.1 Å². The number of pyridine rings is 1. The minimum Gasteiger partial charge on any atom is -0.462 e.